The molecular formula is C21H22ClNO3. The fourth-order valence-electron chi connectivity index (χ4n) is 3.95. The lowest BCUT2D eigenvalue weighted by Gasteiger charge is -2.35. The van der Waals surface area contributed by atoms with E-state index in [2.05, 4.69) is 5.16 Å². The predicted molar refractivity (Wildman–Crippen MR) is 102 cm³/mol. The first-order valence-electron chi connectivity index (χ1n) is 9.11. The SMILES string of the molecule is OCC1C(c2ccc(Oc3ccc(Cl)cc3)cc2)=NOC12CCCCC2. The van der Waals surface area contributed by atoms with Gasteiger partial charge in [0, 0.05) is 10.6 Å². The van der Waals surface area contributed by atoms with Crippen molar-refractivity contribution >= 4 is 17.3 Å². The van der Waals surface area contributed by atoms with Crippen LogP contribution in [-0.2, 0) is 4.84 Å². The maximum absolute atomic E-state index is 9.99. The Bertz CT molecular complexity index is 780. The van der Waals surface area contributed by atoms with Gasteiger partial charge in [-0.15, -0.1) is 0 Å². The normalized spacial score (nSPS) is 21.3. The van der Waals surface area contributed by atoms with Gasteiger partial charge in [0.1, 0.15) is 17.1 Å². The minimum Gasteiger partial charge on any atom is -0.457 e. The summed E-state index contributed by atoms with van der Waals surface area (Å²) in [6.07, 6.45) is 5.42. The second kappa shape index (κ2) is 7.29. The van der Waals surface area contributed by atoms with Crippen LogP contribution >= 0.6 is 11.6 Å². The Hall–Kier alpha value is -2.04. The van der Waals surface area contributed by atoms with Crippen LogP contribution in [0.4, 0.5) is 0 Å². The van der Waals surface area contributed by atoms with E-state index in [1.54, 1.807) is 12.1 Å². The van der Waals surface area contributed by atoms with Crippen LogP contribution in [0.3, 0.4) is 0 Å². The van der Waals surface area contributed by atoms with Crippen molar-refractivity contribution in [1.29, 1.82) is 0 Å². The van der Waals surface area contributed by atoms with Crippen LogP contribution in [0.25, 0.3) is 0 Å². The Labute approximate surface area is 158 Å². The summed E-state index contributed by atoms with van der Waals surface area (Å²) in [6, 6.07) is 15.0. The highest BCUT2D eigenvalue weighted by molar-refractivity contribution is 6.30. The molecule has 1 atom stereocenters. The summed E-state index contributed by atoms with van der Waals surface area (Å²) in [7, 11) is 0. The number of rotatable bonds is 4. The van der Waals surface area contributed by atoms with Crippen molar-refractivity contribution in [2.24, 2.45) is 11.1 Å². The van der Waals surface area contributed by atoms with E-state index in [0.29, 0.717) is 5.02 Å². The molecule has 4 nitrogen and oxygen atoms in total. The fraction of sp³-hybridized carbons (Fsp3) is 0.381. The van der Waals surface area contributed by atoms with E-state index >= 15 is 0 Å². The molecule has 1 heterocycles. The summed E-state index contributed by atoms with van der Waals surface area (Å²) in [5, 5.41) is 15.0. The Kier molecular flexibility index (Phi) is 4.88. The zero-order valence-electron chi connectivity index (χ0n) is 14.5. The van der Waals surface area contributed by atoms with Crippen LogP contribution in [0.15, 0.2) is 53.7 Å². The van der Waals surface area contributed by atoms with E-state index in [4.69, 9.17) is 21.2 Å². The van der Waals surface area contributed by atoms with Gasteiger partial charge in [0.2, 0.25) is 0 Å². The molecule has 0 bridgehead atoms. The van der Waals surface area contributed by atoms with Crippen molar-refractivity contribution in [3.8, 4) is 11.5 Å². The van der Waals surface area contributed by atoms with Crippen molar-refractivity contribution in [3.05, 3.63) is 59.1 Å². The molecule has 2 aromatic carbocycles. The van der Waals surface area contributed by atoms with Crippen molar-refractivity contribution < 1.29 is 14.7 Å². The summed E-state index contributed by atoms with van der Waals surface area (Å²) in [4.78, 5) is 5.87. The van der Waals surface area contributed by atoms with Gasteiger partial charge in [-0.2, -0.15) is 0 Å². The fourth-order valence-corrected chi connectivity index (χ4v) is 4.07. The number of oxime groups is 1. The highest BCUT2D eigenvalue weighted by Gasteiger charge is 2.49. The van der Waals surface area contributed by atoms with E-state index in [0.717, 1.165) is 48.5 Å². The van der Waals surface area contributed by atoms with E-state index in [1.807, 2.05) is 36.4 Å². The molecule has 1 unspecified atom stereocenters. The van der Waals surface area contributed by atoms with Crippen LogP contribution in [0.2, 0.25) is 5.02 Å². The largest absolute Gasteiger partial charge is 0.457 e. The summed E-state index contributed by atoms with van der Waals surface area (Å²) in [6.45, 7) is 0.0574. The maximum atomic E-state index is 9.99. The molecule has 0 radical (unpaired) electrons. The van der Waals surface area contributed by atoms with Crippen molar-refractivity contribution in [2.45, 2.75) is 37.7 Å². The van der Waals surface area contributed by atoms with Gasteiger partial charge in [-0.3, -0.25) is 0 Å². The van der Waals surface area contributed by atoms with Gasteiger partial charge in [-0.05, 0) is 74.2 Å². The van der Waals surface area contributed by atoms with Crippen LogP contribution < -0.4 is 4.74 Å². The van der Waals surface area contributed by atoms with Crippen LogP contribution in [0.1, 0.15) is 37.7 Å². The van der Waals surface area contributed by atoms with Crippen molar-refractivity contribution in [2.75, 3.05) is 6.61 Å². The van der Waals surface area contributed by atoms with Gasteiger partial charge in [0.15, 0.2) is 0 Å². The lowest BCUT2D eigenvalue weighted by atomic mass is 9.73. The van der Waals surface area contributed by atoms with E-state index in [9.17, 15) is 5.11 Å². The molecule has 1 aliphatic heterocycles. The van der Waals surface area contributed by atoms with Crippen LogP contribution in [-0.4, -0.2) is 23.0 Å². The molecule has 1 fully saturated rings. The molecule has 26 heavy (non-hydrogen) atoms. The number of halogens is 1. The third kappa shape index (κ3) is 3.31. The molecule has 1 spiro atoms. The first-order valence-corrected chi connectivity index (χ1v) is 9.49. The summed E-state index contributed by atoms with van der Waals surface area (Å²) in [5.74, 6) is 1.41. The minimum atomic E-state index is -0.319. The van der Waals surface area contributed by atoms with E-state index in [-0.39, 0.29) is 18.1 Å². The maximum Gasteiger partial charge on any atom is 0.148 e. The molecule has 0 saturated heterocycles. The Balaban J connectivity index is 1.50. The number of aliphatic hydroxyl groups is 1. The van der Waals surface area contributed by atoms with Crippen molar-refractivity contribution in [1.82, 2.24) is 0 Å². The van der Waals surface area contributed by atoms with Crippen molar-refractivity contribution in [3.63, 3.8) is 0 Å². The van der Waals surface area contributed by atoms with Gasteiger partial charge in [0.05, 0.1) is 18.2 Å². The molecule has 2 aliphatic rings. The standard InChI is InChI=1S/C21H22ClNO3/c22-16-6-10-18(11-7-16)25-17-8-4-15(5-9-17)20-19(14-24)21(26-23-20)12-2-1-3-13-21/h4-11,19,24H,1-3,12-14H2. The molecule has 136 valence electrons. The quantitative estimate of drug-likeness (QED) is 0.805. The number of nitrogens with zero attached hydrogens (tertiary/aromatic N) is 1. The van der Waals surface area contributed by atoms with Gasteiger partial charge >= 0.3 is 0 Å². The Morgan fingerprint density at radius 1 is 1.00 bits per heavy atom. The Morgan fingerprint density at radius 2 is 1.62 bits per heavy atom. The topological polar surface area (TPSA) is 51.0 Å². The highest BCUT2D eigenvalue weighted by atomic mass is 35.5. The predicted octanol–water partition coefficient (Wildman–Crippen LogP) is 5.18. The number of hydrogen-bond donors (Lipinski definition) is 1. The molecule has 1 aliphatic carbocycles. The zero-order valence-corrected chi connectivity index (χ0v) is 15.3. The first-order chi connectivity index (χ1) is 12.7. The third-order valence-corrected chi connectivity index (χ3v) is 5.62. The van der Waals surface area contributed by atoms with Gasteiger partial charge in [0.25, 0.3) is 0 Å². The Morgan fingerprint density at radius 3 is 2.23 bits per heavy atom. The molecule has 1 N–H and O–H groups in total. The number of aliphatic hydroxyl groups excluding tert-OH is 1. The number of ether oxygens (including phenoxy) is 1. The lowest BCUT2D eigenvalue weighted by molar-refractivity contribution is -0.0792. The average molecular weight is 372 g/mol. The molecular weight excluding hydrogens is 350 g/mol. The first kappa shape index (κ1) is 17.4. The smallest absolute Gasteiger partial charge is 0.148 e. The van der Waals surface area contributed by atoms with Gasteiger partial charge < -0.3 is 14.7 Å². The minimum absolute atomic E-state index is 0.0574. The second-order valence-corrected chi connectivity index (χ2v) is 7.45. The molecule has 0 aromatic heterocycles. The summed E-state index contributed by atoms with van der Waals surface area (Å²) in [5.41, 5.74) is 1.49. The van der Waals surface area contributed by atoms with Gasteiger partial charge in [-0.1, -0.05) is 23.2 Å². The molecule has 2 aromatic rings. The number of benzene rings is 2. The monoisotopic (exact) mass is 371 g/mol. The van der Waals surface area contributed by atoms with Gasteiger partial charge in [-0.25, -0.2) is 0 Å². The van der Waals surface area contributed by atoms with Crippen LogP contribution in [0, 0.1) is 5.92 Å². The molecule has 4 rings (SSSR count). The van der Waals surface area contributed by atoms with Crippen LogP contribution in [0.5, 0.6) is 11.5 Å². The average Bonchev–Trinajstić information content (AvgIpc) is 3.02. The van der Waals surface area contributed by atoms with E-state index in [1.165, 1.54) is 6.42 Å². The summed E-state index contributed by atoms with van der Waals surface area (Å²) < 4.78 is 5.83. The summed E-state index contributed by atoms with van der Waals surface area (Å²) >= 11 is 5.90. The van der Waals surface area contributed by atoms with E-state index < -0.39 is 0 Å². The third-order valence-electron chi connectivity index (χ3n) is 5.37. The molecule has 1 saturated carbocycles. The molecule has 0 amide bonds. The number of hydrogen-bond acceptors (Lipinski definition) is 4. The highest BCUT2D eigenvalue weighted by Crippen LogP contribution is 2.43. The zero-order chi connectivity index (χ0) is 18.0. The second-order valence-electron chi connectivity index (χ2n) is 7.01. The lowest BCUT2D eigenvalue weighted by Crippen LogP contribution is -2.43. The molecule has 5 heteroatoms.